The van der Waals surface area contributed by atoms with Crippen LogP contribution < -0.4 is 5.32 Å². The third-order valence-corrected chi connectivity index (χ3v) is 4.16. The molecule has 3 rings (SSSR count). The van der Waals surface area contributed by atoms with E-state index in [2.05, 4.69) is 5.32 Å². The monoisotopic (exact) mass is 342 g/mol. The summed E-state index contributed by atoms with van der Waals surface area (Å²) in [6.45, 7) is 4.47. The minimum absolute atomic E-state index is 0.0998. The Labute approximate surface area is 146 Å². The van der Waals surface area contributed by atoms with Crippen molar-refractivity contribution in [1.29, 1.82) is 0 Å². The van der Waals surface area contributed by atoms with Gasteiger partial charge in [-0.25, -0.2) is 0 Å². The van der Waals surface area contributed by atoms with Gasteiger partial charge in [0, 0.05) is 25.2 Å². The molecule has 1 aliphatic heterocycles. The molecule has 6 nitrogen and oxygen atoms in total. The summed E-state index contributed by atoms with van der Waals surface area (Å²) in [5.41, 5.74) is 1.59. The molecule has 0 saturated carbocycles. The molecule has 0 radical (unpaired) electrons. The zero-order valence-electron chi connectivity index (χ0n) is 14.3. The first-order chi connectivity index (χ1) is 12.2. The van der Waals surface area contributed by atoms with Gasteiger partial charge in [0.15, 0.2) is 5.76 Å². The van der Waals surface area contributed by atoms with Crippen molar-refractivity contribution in [3.05, 3.63) is 53.5 Å². The fourth-order valence-corrected chi connectivity index (χ4v) is 2.69. The predicted octanol–water partition coefficient (Wildman–Crippen LogP) is 2.50. The van der Waals surface area contributed by atoms with Crippen molar-refractivity contribution in [3.8, 4) is 0 Å². The largest absolute Gasteiger partial charge is 0.456 e. The molecular weight excluding hydrogens is 320 g/mol. The quantitative estimate of drug-likeness (QED) is 0.906. The molecule has 0 spiro atoms. The maximum absolute atomic E-state index is 12.2. The maximum Gasteiger partial charge on any atom is 0.291 e. The fourth-order valence-electron chi connectivity index (χ4n) is 2.69. The van der Waals surface area contributed by atoms with E-state index in [1.165, 1.54) is 0 Å². The highest BCUT2D eigenvalue weighted by Crippen LogP contribution is 2.14. The molecule has 132 valence electrons. The SMILES string of the molecule is CCc1ccc(C(=O)Nc2ccc(CC(=O)N3CCOCC3)cc2)o1. The Morgan fingerprint density at radius 3 is 2.44 bits per heavy atom. The number of carbonyl (C=O) groups is 2. The van der Waals surface area contributed by atoms with E-state index in [1.807, 2.05) is 24.0 Å². The highest BCUT2D eigenvalue weighted by atomic mass is 16.5. The van der Waals surface area contributed by atoms with E-state index in [0.717, 1.165) is 17.7 Å². The van der Waals surface area contributed by atoms with E-state index < -0.39 is 0 Å². The van der Waals surface area contributed by atoms with Crippen molar-refractivity contribution < 1.29 is 18.7 Å². The van der Waals surface area contributed by atoms with E-state index in [9.17, 15) is 9.59 Å². The van der Waals surface area contributed by atoms with Crippen LogP contribution in [0.2, 0.25) is 0 Å². The fraction of sp³-hybridized carbons (Fsp3) is 0.368. The Bertz CT molecular complexity index is 730. The van der Waals surface area contributed by atoms with Gasteiger partial charge in [0.25, 0.3) is 5.91 Å². The molecule has 0 aliphatic carbocycles. The maximum atomic E-state index is 12.2. The first-order valence-electron chi connectivity index (χ1n) is 8.50. The standard InChI is InChI=1S/C19H22N2O4/c1-2-16-7-8-17(25-16)19(23)20-15-5-3-14(4-6-15)13-18(22)21-9-11-24-12-10-21/h3-8H,2,9-13H2,1H3,(H,20,23). The number of benzene rings is 1. The average Bonchev–Trinajstić information content (AvgIpc) is 3.13. The normalized spacial score (nSPS) is 14.4. The molecule has 2 amide bonds. The van der Waals surface area contributed by atoms with E-state index in [1.54, 1.807) is 24.3 Å². The van der Waals surface area contributed by atoms with Gasteiger partial charge in [0.05, 0.1) is 19.6 Å². The zero-order chi connectivity index (χ0) is 17.6. The van der Waals surface area contributed by atoms with Crippen LogP contribution in [0, 0.1) is 0 Å². The lowest BCUT2D eigenvalue weighted by Crippen LogP contribution is -2.41. The molecule has 1 aromatic heterocycles. The minimum atomic E-state index is -0.281. The first-order valence-corrected chi connectivity index (χ1v) is 8.50. The Hall–Kier alpha value is -2.60. The molecule has 2 aromatic rings. The summed E-state index contributed by atoms with van der Waals surface area (Å²) in [6.07, 6.45) is 1.10. The van der Waals surface area contributed by atoms with Crippen LogP contribution in [0.15, 0.2) is 40.8 Å². The number of nitrogens with one attached hydrogen (secondary N) is 1. The number of rotatable bonds is 5. The Balaban J connectivity index is 1.56. The van der Waals surface area contributed by atoms with Crippen LogP contribution in [-0.2, 0) is 22.4 Å². The molecule has 1 aromatic carbocycles. The number of aryl methyl sites for hydroxylation is 1. The molecule has 1 aliphatic rings. The van der Waals surface area contributed by atoms with Crippen LogP contribution >= 0.6 is 0 Å². The van der Waals surface area contributed by atoms with Gasteiger partial charge in [0.2, 0.25) is 5.91 Å². The highest BCUT2D eigenvalue weighted by molar-refractivity contribution is 6.02. The number of carbonyl (C=O) groups excluding carboxylic acids is 2. The van der Waals surface area contributed by atoms with Gasteiger partial charge < -0.3 is 19.4 Å². The van der Waals surface area contributed by atoms with Crippen molar-refractivity contribution in [1.82, 2.24) is 4.90 Å². The number of furan rings is 1. The Morgan fingerprint density at radius 2 is 1.80 bits per heavy atom. The predicted molar refractivity (Wildman–Crippen MR) is 93.6 cm³/mol. The van der Waals surface area contributed by atoms with Crippen molar-refractivity contribution in [2.24, 2.45) is 0 Å². The van der Waals surface area contributed by atoms with Crippen molar-refractivity contribution in [3.63, 3.8) is 0 Å². The smallest absolute Gasteiger partial charge is 0.291 e. The van der Waals surface area contributed by atoms with Crippen LogP contribution in [0.5, 0.6) is 0 Å². The molecule has 25 heavy (non-hydrogen) atoms. The number of amides is 2. The van der Waals surface area contributed by atoms with E-state index in [-0.39, 0.29) is 11.8 Å². The van der Waals surface area contributed by atoms with Gasteiger partial charge in [-0.15, -0.1) is 0 Å². The molecule has 1 saturated heterocycles. The van der Waals surface area contributed by atoms with Crippen LogP contribution in [0.3, 0.4) is 0 Å². The van der Waals surface area contributed by atoms with Gasteiger partial charge in [-0.1, -0.05) is 19.1 Å². The number of nitrogens with zero attached hydrogens (tertiary/aromatic N) is 1. The number of hydrogen-bond acceptors (Lipinski definition) is 4. The summed E-state index contributed by atoms with van der Waals surface area (Å²) in [4.78, 5) is 26.2. The molecule has 2 heterocycles. The van der Waals surface area contributed by atoms with Crippen molar-refractivity contribution in [2.75, 3.05) is 31.6 Å². The van der Waals surface area contributed by atoms with Crippen LogP contribution in [-0.4, -0.2) is 43.0 Å². The van der Waals surface area contributed by atoms with Crippen molar-refractivity contribution in [2.45, 2.75) is 19.8 Å². The molecule has 1 N–H and O–H groups in total. The van der Waals surface area contributed by atoms with Gasteiger partial charge in [-0.3, -0.25) is 9.59 Å². The molecular formula is C19H22N2O4. The third kappa shape index (κ3) is 4.48. The average molecular weight is 342 g/mol. The number of hydrogen-bond donors (Lipinski definition) is 1. The summed E-state index contributed by atoms with van der Waals surface area (Å²) in [7, 11) is 0. The van der Waals surface area contributed by atoms with E-state index in [4.69, 9.17) is 9.15 Å². The summed E-state index contributed by atoms with van der Waals surface area (Å²) in [5.74, 6) is 0.894. The van der Waals surface area contributed by atoms with Crippen LogP contribution in [0.4, 0.5) is 5.69 Å². The lowest BCUT2D eigenvalue weighted by Gasteiger charge is -2.26. The number of ether oxygens (including phenoxy) is 1. The summed E-state index contributed by atoms with van der Waals surface area (Å²) in [6, 6.07) is 10.8. The second kappa shape index (κ2) is 7.98. The molecule has 0 unspecified atom stereocenters. The van der Waals surface area contributed by atoms with Gasteiger partial charge in [-0.2, -0.15) is 0 Å². The van der Waals surface area contributed by atoms with Crippen molar-refractivity contribution >= 4 is 17.5 Å². The second-order valence-corrected chi connectivity index (χ2v) is 5.94. The lowest BCUT2D eigenvalue weighted by molar-refractivity contribution is -0.134. The second-order valence-electron chi connectivity index (χ2n) is 5.94. The van der Waals surface area contributed by atoms with Crippen LogP contribution in [0.1, 0.15) is 28.8 Å². The van der Waals surface area contributed by atoms with E-state index >= 15 is 0 Å². The van der Waals surface area contributed by atoms with Gasteiger partial charge in [-0.05, 0) is 29.8 Å². The van der Waals surface area contributed by atoms with E-state index in [0.29, 0.717) is 44.2 Å². The molecule has 0 bridgehead atoms. The summed E-state index contributed by atoms with van der Waals surface area (Å²) >= 11 is 0. The number of anilines is 1. The topological polar surface area (TPSA) is 71.8 Å². The summed E-state index contributed by atoms with van der Waals surface area (Å²) < 4.78 is 10.7. The molecule has 0 atom stereocenters. The lowest BCUT2D eigenvalue weighted by atomic mass is 10.1. The minimum Gasteiger partial charge on any atom is -0.456 e. The van der Waals surface area contributed by atoms with Gasteiger partial charge in [0.1, 0.15) is 5.76 Å². The first kappa shape index (κ1) is 17.2. The molecule has 6 heteroatoms. The third-order valence-electron chi connectivity index (χ3n) is 4.16. The highest BCUT2D eigenvalue weighted by Gasteiger charge is 2.17. The van der Waals surface area contributed by atoms with Gasteiger partial charge >= 0.3 is 0 Å². The Kier molecular flexibility index (Phi) is 5.50. The zero-order valence-corrected chi connectivity index (χ0v) is 14.3. The molecule has 1 fully saturated rings. The number of morpholine rings is 1. The summed E-state index contributed by atoms with van der Waals surface area (Å²) in [5, 5.41) is 2.79. The van der Waals surface area contributed by atoms with Crippen LogP contribution in [0.25, 0.3) is 0 Å². The Morgan fingerprint density at radius 1 is 1.08 bits per heavy atom.